The SMILES string of the molecule is CCOC(=O)CCc1nccc(NC(=S)Nc2c3c(cc4c2CCC4)CCC3)c1O. The summed E-state index contributed by atoms with van der Waals surface area (Å²) < 4.78 is 4.94. The van der Waals surface area contributed by atoms with E-state index in [0.29, 0.717) is 29.5 Å². The van der Waals surface area contributed by atoms with Crippen molar-refractivity contribution in [3.63, 3.8) is 0 Å². The molecule has 30 heavy (non-hydrogen) atoms. The molecule has 2 aromatic rings. The summed E-state index contributed by atoms with van der Waals surface area (Å²) in [7, 11) is 0. The number of esters is 1. The van der Waals surface area contributed by atoms with E-state index in [9.17, 15) is 9.90 Å². The molecule has 1 heterocycles. The van der Waals surface area contributed by atoms with Gasteiger partial charge in [-0.05, 0) is 86.0 Å². The molecule has 4 rings (SSSR count). The molecular formula is C23H27N3O3S. The van der Waals surface area contributed by atoms with Gasteiger partial charge < -0.3 is 20.5 Å². The number of hydrogen-bond acceptors (Lipinski definition) is 5. The predicted molar refractivity (Wildman–Crippen MR) is 121 cm³/mol. The van der Waals surface area contributed by atoms with Crippen LogP contribution in [0.4, 0.5) is 11.4 Å². The molecule has 0 radical (unpaired) electrons. The van der Waals surface area contributed by atoms with Crippen molar-refractivity contribution in [2.75, 3.05) is 17.2 Å². The summed E-state index contributed by atoms with van der Waals surface area (Å²) in [4.78, 5) is 15.8. The van der Waals surface area contributed by atoms with Gasteiger partial charge in [0.05, 0.1) is 24.4 Å². The Labute approximate surface area is 182 Å². The fraction of sp³-hybridized carbons (Fsp3) is 0.435. The van der Waals surface area contributed by atoms with Crippen LogP contribution in [0.2, 0.25) is 0 Å². The highest BCUT2D eigenvalue weighted by atomic mass is 32.1. The van der Waals surface area contributed by atoms with Gasteiger partial charge in [0, 0.05) is 18.3 Å². The molecule has 3 N–H and O–H groups in total. The zero-order chi connectivity index (χ0) is 21.1. The number of aryl methyl sites for hydroxylation is 3. The fourth-order valence-electron chi connectivity index (χ4n) is 4.47. The minimum absolute atomic E-state index is 0.00877. The first-order valence-electron chi connectivity index (χ1n) is 10.6. The van der Waals surface area contributed by atoms with Crippen molar-refractivity contribution in [3.8, 4) is 5.75 Å². The molecule has 0 atom stereocenters. The number of nitrogens with one attached hydrogen (secondary N) is 2. The van der Waals surface area contributed by atoms with Crippen LogP contribution in [0.15, 0.2) is 18.3 Å². The Morgan fingerprint density at radius 2 is 1.87 bits per heavy atom. The average Bonchev–Trinajstić information content (AvgIpc) is 3.38. The quantitative estimate of drug-likeness (QED) is 0.475. The Morgan fingerprint density at radius 1 is 1.17 bits per heavy atom. The Bertz CT molecular complexity index is 958. The topological polar surface area (TPSA) is 83.5 Å². The van der Waals surface area contributed by atoms with Crippen LogP contribution in [0.5, 0.6) is 5.75 Å². The molecule has 0 saturated heterocycles. The molecule has 6 nitrogen and oxygen atoms in total. The fourth-order valence-corrected chi connectivity index (χ4v) is 4.68. The lowest BCUT2D eigenvalue weighted by Crippen LogP contribution is -2.21. The van der Waals surface area contributed by atoms with Gasteiger partial charge in [-0.2, -0.15) is 0 Å². The first kappa shape index (κ1) is 20.6. The van der Waals surface area contributed by atoms with Gasteiger partial charge in [-0.15, -0.1) is 0 Å². The summed E-state index contributed by atoms with van der Waals surface area (Å²) in [6.45, 7) is 2.11. The number of pyridine rings is 1. The lowest BCUT2D eigenvalue weighted by Gasteiger charge is -2.19. The Kier molecular flexibility index (Phi) is 6.18. The van der Waals surface area contributed by atoms with Gasteiger partial charge in [0.15, 0.2) is 10.9 Å². The van der Waals surface area contributed by atoms with Crippen molar-refractivity contribution in [2.45, 2.75) is 58.3 Å². The molecule has 7 heteroatoms. The number of benzene rings is 1. The van der Waals surface area contributed by atoms with Gasteiger partial charge in [0.1, 0.15) is 0 Å². The maximum Gasteiger partial charge on any atom is 0.306 e. The zero-order valence-electron chi connectivity index (χ0n) is 17.2. The minimum atomic E-state index is -0.305. The summed E-state index contributed by atoms with van der Waals surface area (Å²) in [6, 6.07) is 4.06. The minimum Gasteiger partial charge on any atom is -0.504 e. The van der Waals surface area contributed by atoms with Crippen LogP contribution >= 0.6 is 12.2 Å². The van der Waals surface area contributed by atoms with Crippen molar-refractivity contribution < 1.29 is 14.6 Å². The van der Waals surface area contributed by atoms with Crippen LogP contribution in [-0.4, -0.2) is 27.8 Å². The van der Waals surface area contributed by atoms with Gasteiger partial charge in [-0.3, -0.25) is 9.78 Å². The molecule has 2 aliphatic rings. The Balaban J connectivity index is 1.48. The summed E-state index contributed by atoms with van der Waals surface area (Å²) in [5.41, 5.74) is 7.72. The highest BCUT2D eigenvalue weighted by Gasteiger charge is 2.24. The number of aromatic nitrogens is 1. The van der Waals surface area contributed by atoms with E-state index in [4.69, 9.17) is 17.0 Å². The first-order valence-corrected chi connectivity index (χ1v) is 11.0. The van der Waals surface area contributed by atoms with Gasteiger partial charge in [-0.25, -0.2) is 0 Å². The number of fused-ring (bicyclic) bond motifs is 2. The monoisotopic (exact) mass is 425 g/mol. The van der Waals surface area contributed by atoms with E-state index < -0.39 is 0 Å². The van der Waals surface area contributed by atoms with E-state index in [2.05, 4.69) is 21.7 Å². The van der Waals surface area contributed by atoms with E-state index >= 15 is 0 Å². The molecule has 1 aromatic carbocycles. The maximum absolute atomic E-state index is 11.6. The van der Waals surface area contributed by atoms with Crippen LogP contribution < -0.4 is 10.6 Å². The smallest absolute Gasteiger partial charge is 0.306 e. The molecule has 0 fully saturated rings. The molecule has 0 aliphatic heterocycles. The average molecular weight is 426 g/mol. The molecule has 2 aliphatic carbocycles. The van der Waals surface area contributed by atoms with Crippen LogP contribution in [-0.2, 0) is 41.6 Å². The van der Waals surface area contributed by atoms with Crippen molar-refractivity contribution >= 4 is 34.7 Å². The van der Waals surface area contributed by atoms with Crippen molar-refractivity contribution in [1.29, 1.82) is 0 Å². The number of hydrogen-bond donors (Lipinski definition) is 3. The number of carbonyl (C=O) groups is 1. The highest BCUT2D eigenvalue weighted by molar-refractivity contribution is 7.80. The largest absolute Gasteiger partial charge is 0.504 e. The Morgan fingerprint density at radius 3 is 2.53 bits per heavy atom. The molecule has 0 unspecified atom stereocenters. The predicted octanol–water partition coefficient (Wildman–Crippen LogP) is 4.07. The third-order valence-corrected chi connectivity index (χ3v) is 6.04. The molecule has 1 aromatic heterocycles. The standard InChI is InChI=1S/C23H27N3O3S/c1-2-29-20(27)10-9-18-22(28)19(11-12-24-18)25-23(30)26-21-16-7-3-5-14(16)13-15-6-4-8-17(15)21/h11-13,28H,2-10H2,1H3,(H2,24,25,26,30). The van der Waals surface area contributed by atoms with E-state index in [1.165, 1.54) is 35.1 Å². The van der Waals surface area contributed by atoms with E-state index in [1.54, 1.807) is 19.2 Å². The second kappa shape index (κ2) is 9.00. The lowest BCUT2D eigenvalue weighted by atomic mass is 9.99. The van der Waals surface area contributed by atoms with E-state index in [-0.39, 0.29) is 18.1 Å². The lowest BCUT2D eigenvalue weighted by molar-refractivity contribution is -0.143. The number of anilines is 2. The highest BCUT2D eigenvalue weighted by Crippen LogP contribution is 2.38. The van der Waals surface area contributed by atoms with Crippen LogP contribution in [0.25, 0.3) is 0 Å². The summed E-state index contributed by atoms with van der Waals surface area (Å²) in [5, 5.41) is 17.6. The first-order chi connectivity index (χ1) is 14.6. The summed E-state index contributed by atoms with van der Waals surface area (Å²) in [6.07, 6.45) is 8.85. The molecule has 158 valence electrons. The zero-order valence-corrected chi connectivity index (χ0v) is 18.0. The second-order valence-electron chi connectivity index (χ2n) is 7.77. The number of aromatic hydroxyl groups is 1. The third kappa shape index (κ3) is 4.26. The molecule has 0 bridgehead atoms. The number of rotatable bonds is 6. The molecule has 0 spiro atoms. The van der Waals surface area contributed by atoms with Crippen molar-refractivity contribution in [1.82, 2.24) is 4.98 Å². The third-order valence-electron chi connectivity index (χ3n) is 5.83. The normalized spacial score (nSPS) is 14.2. The summed E-state index contributed by atoms with van der Waals surface area (Å²) >= 11 is 5.58. The number of thiocarbonyl (C=S) groups is 1. The Hall–Kier alpha value is -2.67. The number of ether oxygens (including phenoxy) is 1. The van der Waals surface area contributed by atoms with Crippen molar-refractivity contribution in [3.05, 3.63) is 46.3 Å². The van der Waals surface area contributed by atoms with Gasteiger partial charge in [0.25, 0.3) is 0 Å². The molecular weight excluding hydrogens is 398 g/mol. The van der Waals surface area contributed by atoms with E-state index in [1.807, 2.05) is 0 Å². The van der Waals surface area contributed by atoms with Crippen LogP contribution in [0, 0.1) is 0 Å². The van der Waals surface area contributed by atoms with Gasteiger partial charge in [0.2, 0.25) is 0 Å². The maximum atomic E-state index is 11.6. The van der Waals surface area contributed by atoms with E-state index in [0.717, 1.165) is 31.4 Å². The number of carbonyl (C=O) groups excluding carboxylic acids is 1. The molecule has 0 saturated carbocycles. The second-order valence-corrected chi connectivity index (χ2v) is 8.18. The number of nitrogens with zero attached hydrogens (tertiary/aromatic N) is 1. The van der Waals surface area contributed by atoms with Crippen LogP contribution in [0.3, 0.4) is 0 Å². The molecule has 0 amide bonds. The van der Waals surface area contributed by atoms with Gasteiger partial charge >= 0.3 is 5.97 Å². The van der Waals surface area contributed by atoms with Crippen molar-refractivity contribution in [2.24, 2.45) is 0 Å². The van der Waals surface area contributed by atoms with Gasteiger partial charge in [-0.1, -0.05) is 6.07 Å². The van der Waals surface area contributed by atoms with Crippen LogP contribution in [0.1, 0.15) is 54.1 Å². The summed E-state index contributed by atoms with van der Waals surface area (Å²) in [5.74, 6) is -0.296.